The van der Waals surface area contributed by atoms with Crippen LogP contribution in [0.25, 0.3) is 0 Å². The van der Waals surface area contributed by atoms with Gasteiger partial charge in [0, 0.05) is 37.8 Å². The van der Waals surface area contributed by atoms with Crippen molar-refractivity contribution in [3.8, 4) is 5.75 Å². The third kappa shape index (κ3) is 6.34. The smallest absolute Gasteiger partial charge is 0.224 e. The fourth-order valence-electron chi connectivity index (χ4n) is 3.67. The van der Waals surface area contributed by atoms with Crippen molar-refractivity contribution in [2.24, 2.45) is 5.92 Å². The van der Waals surface area contributed by atoms with Crippen molar-refractivity contribution < 1.29 is 9.53 Å². The Kier molecular flexibility index (Phi) is 7.67. The molecule has 29 heavy (non-hydrogen) atoms. The molecule has 3 rings (SSSR count). The van der Waals surface area contributed by atoms with Crippen molar-refractivity contribution in [2.75, 3.05) is 41.8 Å². The van der Waals surface area contributed by atoms with Crippen LogP contribution in [0.4, 0.5) is 17.3 Å². The molecule has 2 aromatic rings. The van der Waals surface area contributed by atoms with Gasteiger partial charge >= 0.3 is 0 Å². The predicted molar refractivity (Wildman–Crippen MR) is 117 cm³/mol. The van der Waals surface area contributed by atoms with E-state index in [1.165, 1.54) is 0 Å². The second kappa shape index (κ2) is 10.6. The Morgan fingerprint density at radius 3 is 2.83 bits per heavy atom. The zero-order valence-electron chi connectivity index (χ0n) is 17.4. The summed E-state index contributed by atoms with van der Waals surface area (Å²) in [6.45, 7) is 7.40. The van der Waals surface area contributed by atoms with Crippen molar-refractivity contribution in [3.05, 3.63) is 36.7 Å². The van der Waals surface area contributed by atoms with Gasteiger partial charge in [0.15, 0.2) is 0 Å². The zero-order valence-corrected chi connectivity index (χ0v) is 17.4. The largest absolute Gasteiger partial charge is 0.494 e. The normalized spacial score (nSPS) is 16.3. The van der Waals surface area contributed by atoms with E-state index < -0.39 is 0 Å². The number of aromatic nitrogens is 2. The SMILES string of the molecule is CCNc1cc(N2CCCC(CCC(=O)Nc3ccc(OCC)cc3)C2)ncn1. The van der Waals surface area contributed by atoms with Crippen LogP contribution in [-0.2, 0) is 4.79 Å². The Balaban J connectivity index is 1.47. The molecule has 1 aromatic heterocycles. The lowest BCUT2D eigenvalue weighted by Crippen LogP contribution is -2.36. The Morgan fingerprint density at radius 1 is 1.24 bits per heavy atom. The summed E-state index contributed by atoms with van der Waals surface area (Å²) in [5.41, 5.74) is 0.806. The van der Waals surface area contributed by atoms with Crippen LogP contribution in [0, 0.1) is 5.92 Å². The number of nitrogens with one attached hydrogen (secondary N) is 2. The van der Waals surface area contributed by atoms with E-state index in [-0.39, 0.29) is 5.91 Å². The number of amides is 1. The van der Waals surface area contributed by atoms with Crippen molar-refractivity contribution in [3.63, 3.8) is 0 Å². The summed E-state index contributed by atoms with van der Waals surface area (Å²) in [4.78, 5) is 23.3. The summed E-state index contributed by atoms with van der Waals surface area (Å²) in [7, 11) is 0. The average molecular weight is 398 g/mol. The quantitative estimate of drug-likeness (QED) is 0.667. The zero-order chi connectivity index (χ0) is 20.5. The number of hydrogen-bond acceptors (Lipinski definition) is 6. The maximum absolute atomic E-state index is 12.3. The van der Waals surface area contributed by atoms with E-state index >= 15 is 0 Å². The van der Waals surface area contributed by atoms with Crippen molar-refractivity contribution in [1.29, 1.82) is 0 Å². The highest BCUT2D eigenvalue weighted by Gasteiger charge is 2.22. The molecule has 1 amide bonds. The van der Waals surface area contributed by atoms with E-state index in [1.54, 1.807) is 6.33 Å². The van der Waals surface area contributed by atoms with Gasteiger partial charge in [-0.15, -0.1) is 0 Å². The van der Waals surface area contributed by atoms with Crippen LogP contribution in [-0.4, -0.2) is 42.1 Å². The molecule has 0 aliphatic carbocycles. The molecule has 1 atom stereocenters. The van der Waals surface area contributed by atoms with Crippen LogP contribution >= 0.6 is 0 Å². The number of hydrogen-bond donors (Lipinski definition) is 2. The van der Waals surface area contributed by atoms with Crippen LogP contribution in [0.2, 0.25) is 0 Å². The highest BCUT2D eigenvalue weighted by Crippen LogP contribution is 2.26. The number of ether oxygens (including phenoxy) is 1. The van der Waals surface area contributed by atoms with E-state index in [9.17, 15) is 4.79 Å². The molecule has 1 aliphatic rings. The van der Waals surface area contributed by atoms with Crippen molar-refractivity contribution in [2.45, 2.75) is 39.5 Å². The van der Waals surface area contributed by atoms with Gasteiger partial charge < -0.3 is 20.3 Å². The lowest BCUT2D eigenvalue weighted by Gasteiger charge is -2.33. The topological polar surface area (TPSA) is 79.4 Å². The summed E-state index contributed by atoms with van der Waals surface area (Å²) >= 11 is 0. The summed E-state index contributed by atoms with van der Waals surface area (Å²) in [6.07, 6.45) is 5.29. The number of nitrogens with zero attached hydrogens (tertiary/aromatic N) is 3. The number of benzene rings is 1. The van der Waals surface area contributed by atoms with E-state index in [1.807, 2.05) is 37.3 Å². The van der Waals surface area contributed by atoms with E-state index in [2.05, 4.69) is 32.4 Å². The molecule has 0 bridgehead atoms. The molecule has 156 valence electrons. The fraction of sp³-hybridized carbons (Fsp3) is 0.500. The van der Waals surface area contributed by atoms with E-state index in [0.29, 0.717) is 18.9 Å². The molecular formula is C22H31N5O2. The molecule has 1 unspecified atom stereocenters. The molecule has 2 N–H and O–H groups in total. The first kappa shape index (κ1) is 20.9. The Bertz CT molecular complexity index is 781. The van der Waals surface area contributed by atoms with Crippen LogP contribution in [0.1, 0.15) is 39.5 Å². The van der Waals surface area contributed by atoms with Gasteiger partial charge in [-0.3, -0.25) is 4.79 Å². The summed E-state index contributed by atoms with van der Waals surface area (Å²) < 4.78 is 5.43. The summed E-state index contributed by atoms with van der Waals surface area (Å²) in [5.74, 6) is 3.18. The molecule has 7 nitrogen and oxygen atoms in total. The summed E-state index contributed by atoms with van der Waals surface area (Å²) in [6, 6.07) is 9.51. The van der Waals surface area contributed by atoms with Crippen LogP contribution in [0.15, 0.2) is 36.7 Å². The predicted octanol–water partition coefficient (Wildman–Crippen LogP) is 3.94. The highest BCUT2D eigenvalue weighted by atomic mass is 16.5. The van der Waals surface area contributed by atoms with Gasteiger partial charge in [0.1, 0.15) is 23.7 Å². The first-order valence-corrected chi connectivity index (χ1v) is 10.5. The van der Waals surface area contributed by atoms with Gasteiger partial charge in [-0.25, -0.2) is 9.97 Å². The molecule has 7 heteroatoms. The van der Waals surface area contributed by atoms with Crippen LogP contribution < -0.4 is 20.3 Å². The molecule has 0 spiro atoms. The number of carbonyl (C=O) groups excluding carboxylic acids is 1. The second-order valence-corrected chi connectivity index (χ2v) is 7.29. The number of anilines is 3. The molecule has 1 aliphatic heterocycles. The fourth-order valence-corrected chi connectivity index (χ4v) is 3.67. The Morgan fingerprint density at radius 2 is 2.07 bits per heavy atom. The number of piperidine rings is 1. The van der Waals surface area contributed by atoms with Crippen LogP contribution in [0.5, 0.6) is 5.75 Å². The number of rotatable bonds is 9. The minimum Gasteiger partial charge on any atom is -0.494 e. The standard InChI is InChI=1S/C22H31N5O2/c1-3-23-20-14-21(25-16-24-20)27-13-5-6-17(15-27)7-12-22(28)26-18-8-10-19(11-9-18)29-4-2/h8-11,14,16-17H,3-7,12-13,15H2,1-2H3,(H,26,28)(H,23,24,25). The lowest BCUT2D eigenvalue weighted by atomic mass is 9.93. The molecule has 0 saturated carbocycles. The molecule has 2 heterocycles. The molecule has 1 saturated heterocycles. The van der Waals surface area contributed by atoms with E-state index in [0.717, 1.165) is 62.0 Å². The van der Waals surface area contributed by atoms with Gasteiger partial charge in [0.25, 0.3) is 0 Å². The Labute approximate surface area is 172 Å². The van der Waals surface area contributed by atoms with Gasteiger partial charge in [-0.05, 0) is 63.3 Å². The first-order chi connectivity index (χ1) is 14.2. The second-order valence-electron chi connectivity index (χ2n) is 7.29. The average Bonchev–Trinajstić information content (AvgIpc) is 2.75. The molecule has 0 radical (unpaired) electrons. The van der Waals surface area contributed by atoms with Crippen molar-refractivity contribution in [1.82, 2.24) is 9.97 Å². The Hall–Kier alpha value is -2.83. The monoisotopic (exact) mass is 397 g/mol. The molecular weight excluding hydrogens is 366 g/mol. The first-order valence-electron chi connectivity index (χ1n) is 10.5. The van der Waals surface area contributed by atoms with Crippen molar-refractivity contribution >= 4 is 23.2 Å². The maximum Gasteiger partial charge on any atom is 0.224 e. The third-order valence-electron chi connectivity index (χ3n) is 5.08. The summed E-state index contributed by atoms with van der Waals surface area (Å²) in [5, 5.41) is 6.21. The van der Waals surface area contributed by atoms with Gasteiger partial charge in [0.05, 0.1) is 6.61 Å². The molecule has 1 fully saturated rings. The third-order valence-corrected chi connectivity index (χ3v) is 5.08. The van der Waals surface area contributed by atoms with E-state index in [4.69, 9.17) is 4.74 Å². The van der Waals surface area contributed by atoms with Gasteiger partial charge in [-0.2, -0.15) is 0 Å². The minimum absolute atomic E-state index is 0.0581. The molecule has 1 aromatic carbocycles. The van der Waals surface area contributed by atoms with Crippen LogP contribution in [0.3, 0.4) is 0 Å². The minimum atomic E-state index is 0.0581. The lowest BCUT2D eigenvalue weighted by molar-refractivity contribution is -0.116. The number of carbonyl (C=O) groups is 1. The highest BCUT2D eigenvalue weighted by molar-refractivity contribution is 5.90. The van der Waals surface area contributed by atoms with Gasteiger partial charge in [-0.1, -0.05) is 0 Å². The maximum atomic E-state index is 12.3. The van der Waals surface area contributed by atoms with Gasteiger partial charge in [0.2, 0.25) is 5.91 Å².